The van der Waals surface area contributed by atoms with Gasteiger partial charge < -0.3 is 19.9 Å². The van der Waals surface area contributed by atoms with E-state index in [1.165, 1.54) is 18.2 Å². The minimum Gasteiger partial charge on any atom is -0.480 e. The number of carbonyl (C=O) groups excluding carboxylic acids is 1. The Bertz CT molecular complexity index is 723. The van der Waals surface area contributed by atoms with E-state index in [-0.39, 0.29) is 36.5 Å². The molecule has 0 aliphatic carbocycles. The lowest BCUT2D eigenvalue weighted by Gasteiger charge is -2.35. The number of carbonyl (C=O) groups is 2. The molecule has 1 aromatic rings. The van der Waals surface area contributed by atoms with Crippen LogP contribution in [-0.2, 0) is 9.59 Å². The molecule has 10 heteroatoms. The van der Waals surface area contributed by atoms with Gasteiger partial charge in [-0.1, -0.05) is 0 Å². The van der Waals surface area contributed by atoms with Gasteiger partial charge in [0, 0.05) is 30.9 Å². The van der Waals surface area contributed by atoms with Gasteiger partial charge in [0.05, 0.1) is 13.1 Å². The van der Waals surface area contributed by atoms with E-state index in [4.69, 9.17) is 5.11 Å². The maximum atomic E-state index is 13.0. The van der Waals surface area contributed by atoms with Crippen LogP contribution in [-0.4, -0.2) is 72.3 Å². The number of hydrogen-bond donors (Lipinski definition) is 2. The Morgan fingerprint density at radius 3 is 2.63 bits per heavy atom. The van der Waals surface area contributed by atoms with Crippen LogP contribution in [0.25, 0.3) is 0 Å². The first-order valence-corrected chi connectivity index (χ1v) is 8.56. The average Bonchev–Trinajstić information content (AvgIpc) is 2.87. The molecule has 148 valence electrons. The van der Waals surface area contributed by atoms with E-state index in [1.807, 2.05) is 9.80 Å². The third-order valence-electron chi connectivity index (χ3n) is 4.62. The second-order valence-corrected chi connectivity index (χ2v) is 6.69. The van der Waals surface area contributed by atoms with Crippen LogP contribution in [0.5, 0.6) is 11.5 Å². The summed E-state index contributed by atoms with van der Waals surface area (Å²) in [7, 11) is 1.78. The molecule has 0 atom stereocenters. The highest BCUT2D eigenvalue weighted by molar-refractivity contribution is 5.92. The average molecular weight is 385 g/mol. The van der Waals surface area contributed by atoms with Gasteiger partial charge in [0.1, 0.15) is 0 Å². The molecule has 2 aliphatic heterocycles. The highest BCUT2D eigenvalue weighted by Gasteiger charge is 2.43. The number of carboxylic acids is 1. The van der Waals surface area contributed by atoms with Crippen molar-refractivity contribution in [2.75, 3.05) is 38.5 Å². The first-order valence-electron chi connectivity index (χ1n) is 8.56. The number of ether oxygens (including phenoxy) is 2. The van der Waals surface area contributed by atoms with Crippen molar-refractivity contribution in [1.82, 2.24) is 9.80 Å². The van der Waals surface area contributed by atoms with Crippen LogP contribution in [0.15, 0.2) is 18.2 Å². The summed E-state index contributed by atoms with van der Waals surface area (Å²) in [4.78, 5) is 26.8. The van der Waals surface area contributed by atoms with Gasteiger partial charge in [0.25, 0.3) is 0 Å². The largest absolute Gasteiger partial charge is 0.586 e. The zero-order chi connectivity index (χ0) is 19.6. The predicted octanol–water partition coefficient (Wildman–Crippen LogP) is 1.43. The van der Waals surface area contributed by atoms with E-state index in [1.54, 1.807) is 7.05 Å². The number of nitrogens with one attached hydrogen (secondary N) is 1. The van der Waals surface area contributed by atoms with Crippen molar-refractivity contribution in [1.29, 1.82) is 0 Å². The van der Waals surface area contributed by atoms with Crippen molar-refractivity contribution in [2.24, 2.45) is 0 Å². The molecule has 0 radical (unpaired) electrons. The second-order valence-electron chi connectivity index (χ2n) is 6.69. The number of likely N-dealkylation sites (N-methyl/N-ethyl adjacent to an activating group) is 1. The van der Waals surface area contributed by atoms with Crippen LogP contribution in [0.3, 0.4) is 0 Å². The molecule has 27 heavy (non-hydrogen) atoms. The molecule has 0 bridgehead atoms. The minimum atomic E-state index is -3.69. The van der Waals surface area contributed by atoms with Crippen molar-refractivity contribution in [3.05, 3.63) is 18.2 Å². The number of piperidine rings is 1. The van der Waals surface area contributed by atoms with Crippen LogP contribution in [0.4, 0.5) is 14.5 Å². The van der Waals surface area contributed by atoms with Crippen molar-refractivity contribution < 1.29 is 33.0 Å². The van der Waals surface area contributed by atoms with Crippen LogP contribution in [0, 0.1) is 0 Å². The number of fused-ring (bicyclic) bond motifs is 1. The number of amides is 1. The number of benzene rings is 1. The zero-order valence-electron chi connectivity index (χ0n) is 14.8. The molecule has 8 nitrogen and oxygen atoms in total. The third-order valence-corrected chi connectivity index (χ3v) is 4.62. The molecule has 2 heterocycles. The Balaban J connectivity index is 1.46. The number of nitrogens with zero attached hydrogens (tertiary/aromatic N) is 2. The Morgan fingerprint density at radius 1 is 1.30 bits per heavy atom. The molecule has 1 aromatic carbocycles. The Labute approximate surface area is 154 Å². The molecule has 3 rings (SSSR count). The fourth-order valence-corrected chi connectivity index (χ4v) is 3.29. The standard InChI is InChI=1S/C17H21F2N3O5/c1-21(10-16(24)25)12-4-6-22(7-5-12)9-15(23)20-11-2-3-13-14(8-11)27-17(18,19)26-13/h2-3,8,12H,4-7,9-10H2,1H3,(H,20,23)(H,24,25). The molecule has 0 spiro atoms. The van der Waals surface area contributed by atoms with E-state index in [0.717, 1.165) is 12.8 Å². The van der Waals surface area contributed by atoms with Crippen LogP contribution < -0.4 is 14.8 Å². The monoisotopic (exact) mass is 385 g/mol. The maximum Gasteiger partial charge on any atom is 0.586 e. The van der Waals surface area contributed by atoms with E-state index in [9.17, 15) is 18.4 Å². The maximum absolute atomic E-state index is 13.0. The van der Waals surface area contributed by atoms with Crippen LogP contribution in [0.1, 0.15) is 12.8 Å². The lowest BCUT2D eigenvalue weighted by molar-refractivity contribution is -0.286. The topological polar surface area (TPSA) is 91.3 Å². The number of alkyl halides is 2. The zero-order valence-corrected chi connectivity index (χ0v) is 14.8. The van der Waals surface area contributed by atoms with Gasteiger partial charge in [-0.15, -0.1) is 8.78 Å². The Morgan fingerprint density at radius 2 is 1.96 bits per heavy atom. The number of rotatable bonds is 6. The van der Waals surface area contributed by atoms with Crippen molar-refractivity contribution in [3.63, 3.8) is 0 Å². The van der Waals surface area contributed by atoms with E-state index in [2.05, 4.69) is 14.8 Å². The summed E-state index contributed by atoms with van der Waals surface area (Å²) in [5.74, 6) is -1.33. The molecule has 0 aromatic heterocycles. The number of halogens is 2. The molecular weight excluding hydrogens is 364 g/mol. The fourth-order valence-electron chi connectivity index (χ4n) is 3.29. The number of anilines is 1. The third kappa shape index (κ3) is 5.04. The summed E-state index contributed by atoms with van der Waals surface area (Å²) in [6, 6.07) is 4.25. The minimum absolute atomic E-state index is 0.00564. The Hall–Kier alpha value is -2.46. The van der Waals surface area contributed by atoms with Gasteiger partial charge >= 0.3 is 12.3 Å². The fraction of sp³-hybridized carbons (Fsp3) is 0.529. The molecular formula is C17H21F2N3O5. The van der Waals surface area contributed by atoms with Crippen molar-refractivity contribution in [2.45, 2.75) is 25.2 Å². The number of hydrogen-bond acceptors (Lipinski definition) is 6. The van der Waals surface area contributed by atoms with Gasteiger partial charge in [0.2, 0.25) is 5.91 Å². The van der Waals surface area contributed by atoms with Gasteiger partial charge in [-0.2, -0.15) is 0 Å². The lowest BCUT2D eigenvalue weighted by atomic mass is 10.0. The first-order chi connectivity index (χ1) is 12.7. The van der Waals surface area contributed by atoms with Gasteiger partial charge in [0.15, 0.2) is 11.5 Å². The number of likely N-dealkylation sites (tertiary alicyclic amines) is 1. The van der Waals surface area contributed by atoms with Crippen molar-refractivity contribution in [3.8, 4) is 11.5 Å². The molecule has 1 fully saturated rings. The highest BCUT2D eigenvalue weighted by atomic mass is 19.3. The van der Waals surface area contributed by atoms with E-state index in [0.29, 0.717) is 18.8 Å². The summed E-state index contributed by atoms with van der Waals surface area (Å²) in [6.07, 6.45) is -2.14. The quantitative estimate of drug-likeness (QED) is 0.765. The smallest absolute Gasteiger partial charge is 0.480 e. The summed E-state index contributed by atoms with van der Waals surface area (Å²) in [5.41, 5.74) is 0.344. The molecule has 2 aliphatic rings. The molecule has 0 saturated carbocycles. The van der Waals surface area contributed by atoms with Gasteiger partial charge in [-0.3, -0.25) is 19.4 Å². The van der Waals surface area contributed by atoms with Gasteiger partial charge in [-0.05, 0) is 32.0 Å². The van der Waals surface area contributed by atoms with Crippen LogP contribution in [0.2, 0.25) is 0 Å². The van der Waals surface area contributed by atoms with Gasteiger partial charge in [-0.25, -0.2) is 0 Å². The SMILES string of the molecule is CN(CC(=O)O)C1CCN(CC(=O)Nc2ccc3c(c2)OC(F)(F)O3)CC1. The molecule has 1 amide bonds. The van der Waals surface area contributed by atoms with Crippen LogP contribution >= 0.6 is 0 Å². The normalized spacial score (nSPS) is 19.3. The number of carboxylic acid groups (broad SMARTS) is 1. The molecule has 1 saturated heterocycles. The molecule has 0 unspecified atom stereocenters. The first kappa shape index (κ1) is 19.3. The summed E-state index contributed by atoms with van der Waals surface area (Å²) < 4.78 is 34.7. The predicted molar refractivity (Wildman–Crippen MR) is 91.0 cm³/mol. The lowest BCUT2D eigenvalue weighted by Crippen LogP contribution is -2.46. The highest BCUT2D eigenvalue weighted by Crippen LogP contribution is 2.42. The number of aliphatic carboxylic acids is 1. The van der Waals surface area contributed by atoms with E-state index < -0.39 is 12.3 Å². The summed E-state index contributed by atoms with van der Waals surface area (Å²) in [6.45, 7) is 1.51. The molecule has 2 N–H and O–H groups in total. The van der Waals surface area contributed by atoms with E-state index >= 15 is 0 Å². The van der Waals surface area contributed by atoms with Crippen molar-refractivity contribution >= 4 is 17.6 Å². The summed E-state index contributed by atoms with van der Waals surface area (Å²) >= 11 is 0. The Kier molecular flexibility index (Phi) is 5.47. The summed E-state index contributed by atoms with van der Waals surface area (Å²) in [5, 5.41) is 11.5. The second kappa shape index (κ2) is 7.65.